The van der Waals surface area contributed by atoms with Crippen molar-refractivity contribution in [3.05, 3.63) is 77.9 Å². The minimum absolute atomic E-state index is 0.0671. The van der Waals surface area contributed by atoms with E-state index in [0.29, 0.717) is 12.5 Å². The van der Waals surface area contributed by atoms with Crippen LogP contribution in [0.25, 0.3) is 10.8 Å². The summed E-state index contributed by atoms with van der Waals surface area (Å²) >= 11 is 0. The lowest BCUT2D eigenvalue weighted by molar-refractivity contribution is -0.128. The first-order chi connectivity index (χ1) is 14.3. The van der Waals surface area contributed by atoms with Gasteiger partial charge in [-0.15, -0.1) is 0 Å². The van der Waals surface area contributed by atoms with Crippen LogP contribution in [0.4, 0.5) is 0 Å². The van der Waals surface area contributed by atoms with E-state index in [1.807, 2.05) is 24.3 Å². The summed E-state index contributed by atoms with van der Waals surface area (Å²) in [6, 6.07) is 22.9. The molecule has 150 valence electrons. The predicted octanol–water partition coefficient (Wildman–Crippen LogP) is 5.83. The van der Waals surface area contributed by atoms with Gasteiger partial charge in [0.1, 0.15) is 5.75 Å². The lowest BCUT2D eigenvalue weighted by Gasteiger charge is -2.36. The van der Waals surface area contributed by atoms with Crippen molar-refractivity contribution < 1.29 is 9.53 Å². The lowest BCUT2D eigenvalue weighted by atomic mass is 9.68. The third kappa shape index (κ3) is 4.45. The number of ether oxygens (including phenoxy) is 1. The highest BCUT2D eigenvalue weighted by molar-refractivity contribution is 5.88. The maximum absolute atomic E-state index is 12.8. The Labute approximate surface area is 173 Å². The van der Waals surface area contributed by atoms with Gasteiger partial charge in [0, 0.05) is 12.5 Å². The van der Waals surface area contributed by atoms with E-state index < -0.39 is 0 Å². The van der Waals surface area contributed by atoms with Crippen LogP contribution >= 0.6 is 0 Å². The zero-order chi connectivity index (χ0) is 20.1. The summed E-state index contributed by atoms with van der Waals surface area (Å²) in [6.45, 7) is 3.47. The summed E-state index contributed by atoms with van der Waals surface area (Å²) < 4.78 is 5.70. The Hall–Kier alpha value is -2.81. The molecule has 1 saturated carbocycles. The van der Waals surface area contributed by atoms with Crippen LogP contribution in [0.15, 0.2) is 66.7 Å². The Morgan fingerprint density at radius 3 is 2.55 bits per heavy atom. The van der Waals surface area contributed by atoms with Crippen LogP contribution in [0.5, 0.6) is 5.75 Å². The van der Waals surface area contributed by atoms with Crippen molar-refractivity contribution >= 4 is 16.7 Å². The first-order valence-corrected chi connectivity index (χ1v) is 10.7. The topological polar surface area (TPSA) is 38.3 Å². The first kappa shape index (κ1) is 19.5. The number of fused-ring (bicyclic) bond motifs is 1. The van der Waals surface area contributed by atoms with Crippen LogP contribution in [0.3, 0.4) is 0 Å². The monoisotopic (exact) mass is 387 g/mol. The third-order valence-electron chi connectivity index (χ3n) is 5.99. The van der Waals surface area contributed by atoms with Gasteiger partial charge in [0.15, 0.2) is 0 Å². The van der Waals surface area contributed by atoms with Gasteiger partial charge in [-0.05, 0) is 59.2 Å². The fourth-order valence-corrected chi connectivity index (χ4v) is 4.12. The molecule has 0 saturated heterocycles. The van der Waals surface area contributed by atoms with E-state index in [9.17, 15) is 4.79 Å². The number of hydrogen-bond acceptors (Lipinski definition) is 2. The molecule has 1 fully saturated rings. The molecule has 0 bridgehead atoms. The van der Waals surface area contributed by atoms with Crippen LogP contribution in [0.1, 0.15) is 49.7 Å². The molecule has 1 aliphatic rings. The molecule has 3 aromatic carbocycles. The van der Waals surface area contributed by atoms with E-state index in [-0.39, 0.29) is 11.8 Å². The molecule has 1 N–H and O–H groups in total. The SMILES string of the molecule is CCCCOc1ccc(CNC(=O)C2CCC2c2cccc3ccccc23)cc1. The van der Waals surface area contributed by atoms with E-state index in [4.69, 9.17) is 4.74 Å². The van der Waals surface area contributed by atoms with Crippen molar-refractivity contribution in [3.8, 4) is 5.75 Å². The molecule has 0 aliphatic heterocycles. The molecule has 2 unspecified atom stereocenters. The van der Waals surface area contributed by atoms with Gasteiger partial charge < -0.3 is 10.1 Å². The number of amides is 1. The summed E-state index contributed by atoms with van der Waals surface area (Å²) in [5.41, 5.74) is 2.41. The van der Waals surface area contributed by atoms with Crippen LogP contribution in [0, 0.1) is 5.92 Å². The van der Waals surface area contributed by atoms with Crippen molar-refractivity contribution in [2.75, 3.05) is 6.61 Å². The average molecular weight is 388 g/mol. The number of hydrogen-bond donors (Lipinski definition) is 1. The molecule has 3 aromatic rings. The molecule has 29 heavy (non-hydrogen) atoms. The summed E-state index contributed by atoms with van der Waals surface area (Å²) in [5, 5.41) is 5.66. The summed E-state index contributed by atoms with van der Waals surface area (Å²) in [6.07, 6.45) is 4.24. The van der Waals surface area contributed by atoms with Gasteiger partial charge >= 0.3 is 0 Å². The second-order valence-electron chi connectivity index (χ2n) is 7.92. The highest BCUT2D eigenvalue weighted by atomic mass is 16.5. The minimum atomic E-state index is 0.0671. The van der Waals surface area contributed by atoms with Gasteiger partial charge in [-0.2, -0.15) is 0 Å². The van der Waals surface area contributed by atoms with Crippen molar-refractivity contribution in [1.29, 1.82) is 0 Å². The molecule has 0 spiro atoms. The standard InChI is InChI=1S/C26H29NO2/c1-2-3-17-29-21-13-11-19(12-14-21)18-27-26(28)25-16-15-24(25)23-10-6-8-20-7-4-5-9-22(20)23/h4-14,24-25H,2-3,15-18H2,1H3,(H,27,28). The van der Waals surface area contributed by atoms with Crippen molar-refractivity contribution in [3.63, 3.8) is 0 Å². The van der Waals surface area contributed by atoms with E-state index >= 15 is 0 Å². The highest BCUT2D eigenvalue weighted by Gasteiger charge is 2.37. The number of carbonyl (C=O) groups excluding carboxylic acids is 1. The predicted molar refractivity (Wildman–Crippen MR) is 118 cm³/mol. The number of nitrogens with one attached hydrogen (secondary N) is 1. The van der Waals surface area contributed by atoms with Gasteiger partial charge in [-0.1, -0.05) is 67.9 Å². The Kier molecular flexibility index (Phi) is 6.14. The van der Waals surface area contributed by atoms with Crippen molar-refractivity contribution in [2.45, 2.75) is 45.1 Å². The van der Waals surface area contributed by atoms with Gasteiger partial charge in [0.2, 0.25) is 5.91 Å². The maximum atomic E-state index is 12.8. The average Bonchev–Trinajstić information content (AvgIpc) is 2.73. The molecular weight excluding hydrogens is 358 g/mol. The Bertz CT molecular complexity index is 959. The molecule has 3 heteroatoms. The molecule has 4 rings (SSSR count). The minimum Gasteiger partial charge on any atom is -0.494 e. The fourth-order valence-electron chi connectivity index (χ4n) is 4.12. The lowest BCUT2D eigenvalue weighted by Crippen LogP contribution is -2.39. The van der Waals surface area contributed by atoms with Crippen LogP contribution in [-0.4, -0.2) is 12.5 Å². The molecular formula is C26H29NO2. The molecule has 0 aromatic heterocycles. The van der Waals surface area contributed by atoms with E-state index in [1.165, 1.54) is 16.3 Å². The summed E-state index contributed by atoms with van der Waals surface area (Å²) in [5.74, 6) is 1.44. The second kappa shape index (κ2) is 9.13. The summed E-state index contributed by atoms with van der Waals surface area (Å²) in [7, 11) is 0. The molecule has 0 radical (unpaired) electrons. The van der Waals surface area contributed by atoms with Gasteiger partial charge in [0.25, 0.3) is 0 Å². The van der Waals surface area contributed by atoms with Crippen LogP contribution in [-0.2, 0) is 11.3 Å². The Morgan fingerprint density at radius 1 is 1.00 bits per heavy atom. The Balaban J connectivity index is 1.35. The molecule has 1 aliphatic carbocycles. The van der Waals surface area contributed by atoms with Crippen LogP contribution in [0.2, 0.25) is 0 Å². The normalized spacial score (nSPS) is 18.2. The van der Waals surface area contributed by atoms with E-state index in [2.05, 4.69) is 54.7 Å². The number of rotatable bonds is 8. The van der Waals surface area contributed by atoms with Crippen molar-refractivity contribution in [2.24, 2.45) is 5.92 Å². The highest BCUT2D eigenvalue weighted by Crippen LogP contribution is 2.44. The van der Waals surface area contributed by atoms with Gasteiger partial charge in [0.05, 0.1) is 6.61 Å². The number of benzene rings is 3. The first-order valence-electron chi connectivity index (χ1n) is 10.7. The van der Waals surface area contributed by atoms with Crippen molar-refractivity contribution in [1.82, 2.24) is 5.32 Å². The largest absolute Gasteiger partial charge is 0.494 e. The Morgan fingerprint density at radius 2 is 1.79 bits per heavy atom. The molecule has 3 nitrogen and oxygen atoms in total. The molecule has 0 heterocycles. The maximum Gasteiger partial charge on any atom is 0.223 e. The third-order valence-corrected chi connectivity index (χ3v) is 5.99. The summed E-state index contributed by atoms with van der Waals surface area (Å²) in [4.78, 5) is 12.8. The van der Waals surface area contributed by atoms with E-state index in [0.717, 1.165) is 43.6 Å². The molecule has 1 amide bonds. The fraction of sp³-hybridized carbons (Fsp3) is 0.346. The quantitative estimate of drug-likeness (QED) is 0.494. The van der Waals surface area contributed by atoms with Gasteiger partial charge in [-0.3, -0.25) is 4.79 Å². The number of unbranched alkanes of at least 4 members (excludes halogenated alkanes) is 1. The number of carbonyl (C=O) groups is 1. The van der Waals surface area contributed by atoms with Crippen LogP contribution < -0.4 is 10.1 Å². The zero-order valence-electron chi connectivity index (χ0n) is 17.1. The molecule has 2 atom stereocenters. The van der Waals surface area contributed by atoms with E-state index in [1.54, 1.807) is 0 Å². The zero-order valence-corrected chi connectivity index (χ0v) is 17.1. The smallest absolute Gasteiger partial charge is 0.223 e. The second-order valence-corrected chi connectivity index (χ2v) is 7.92. The van der Waals surface area contributed by atoms with Gasteiger partial charge in [-0.25, -0.2) is 0 Å².